The number of carbonyl (C=O) groups is 2. The van der Waals surface area contributed by atoms with Crippen molar-refractivity contribution in [2.24, 2.45) is 5.92 Å². The van der Waals surface area contributed by atoms with Crippen LogP contribution in [0.1, 0.15) is 24.5 Å². The van der Waals surface area contributed by atoms with Gasteiger partial charge in [0.15, 0.2) is 11.5 Å². The number of anilines is 1. The van der Waals surface area contributed by atoms with Crippen molar-refractivity contribution >= 4 is 17.5 Å². The smallest absolute Gasteiger partial charge is 0.228 e. The summed E-state index contributed by atoms with van der Waals surface area (Å²) in [5.41, 5.74) is 3.09. The van der Waals surface area contributed by atoms with Gasteiger partial charge in [-0.15, -0.1) is 0 Å². The molecule has 8 heteroatoms. The normalized spacial score (nSPS) is 18.6. The van der Waals surface area contributed by atoms with Crippen molar-refractivity contribution in [3.8, 4) is 17.2 Å². The maximum atomic E-state index is 13.2. The van der Waals surface area contributed by atoms with Gasteiger partial charge in [-0.1, -0.05) is 25.1 Å². The average Bonchev–Trinajstić information content (AvgIpc) is 3.29. The Bertz CT molecular complexity index is 1060. The first-order valence-corrected chi connectivity index (χ1v) is 12.2. The highest BCUT2D eigenvalue weighted by molar-refractivity contribution is 6.00. The first-order valence-electron chi connectivity index (χ1n) is 12.2. The molecule has 2 saturated heterocycles. The molecule has 4 rings (SSSR count). The number of hydrogen-bond donors (Lipinski definition) is 0. The fraction of sp³-hybridized carbons (Fsp3) is 0.481. The minimum Gasteiger partial charge on any atom is -0.493 e. The van der Waals surface area contributed by atoms with Crippen LogP contribution in [-0.4, -0.2) is 75.7 Å². The van der Waals surface area contributed by atoms with Crippen molar-refractivity contribution < 1.29 is 23.8 Å². The van der Waals surface area contributed by atoms with Gasteiger partial charge in [-0.05, 0) is 30.2 Å². The molecule has 0 N–H and O–H groups in total. The lowest BCUT2D eigenvalue weighted by molar-refractivity contribution is -0.137. The Morgan fingerprint density at radius 3 is 2.37 bits per heavy atom. The number of hydrogen-bond acceptors (Lipinski definition) is 6. The maximum Gasteiger partial charge on any atom is 0.228 e. The summed E-state index contributed by atoms with van der Waals surface area (Å²) in [4.78, 5) is 31.9. The number of benzene rings is 2. The third-order valence-electron chi connectivity index (χ3n) is 6.97. The number of ether oxygens (including phenoxy) is 3. The van der Waals surface area contributed by atoms with Gasteiger partial charge in [-0.25, -0.2) is 0 Å². The average molecular weight is 482 g/mol. The molecule has 2 amide bonds. The standard InChI is InChI=1S/C27H35N3O5/c1-5-19-7-6-8-22(15-19)30-18-21(16-24(30)31)27(32)29-13-11-28(12-14-29)17-20-9-10-23(33-2)26(35-4)25(20)34-3/h6-10,15,21H,5,11-14,16-18H2,1-4H3. The molecule has 2 aromatic rings. The SMILES string of the molecule is CCc1cccc(N2CC(C(=O)N3CCN(Cc4ccc(OC)c(OC)c4OC)CC3)CC2=O)c1. The van der Waals surface area contributed by atoms with Gasteiger partial charge < -0.3 is 24.0 Å². The number of rotatable bonds is 8. The summed E-state index contributed by atoms with van der Waals surface area (Å²) in [6.45, 7) is 6.04. The van der Waals surface area contributed by atoms with Crippen LogP contribution in [0.3, 0.4) is 0 Å². The highest BCUT2D eigenvalue weighted by Gasteiger charge is 2.38. The van der Waals surface area contributed by atoms with Gasteiger partial charge in [0, 0.05) is 56.9 Å². The molecule has 35 heavy (non-hydrogen) atoms. The number of amides is 2. The van der Waals surface area contributed by atoms with Gasteiger partial charge in [0.05, 0.1) is 27.2 Å². The van der Waals surface area contributed by atoms with E-state index in [1.807, 2.05) is 35.2 Å². The van der Waals surface area contributed by atoms with E-state index >= 15 is 0 Å². The van der Waals surface area contributed by atoms with Gasteiger partial charge >= 0.3 is 0 Å². The summed E-state index contributed by atoms with van der Waals surface area (Å²) in [6, 6.07) is 11.9. The summed E-state index contributed by atoms with van der Waals surface area (Å²) in [5, 5.41) is 0. The minimum absolute atomic E-state index is 0.0239. The third kappa shape index (κ3) is 5.22. The molecular formula is C27H35N3O5. The minimum atomic E-state index is -0.287. The van der Waals surface area contributed by atoms with Crippen LogP contribution in [0.2, 0.25) is 0 Å². The highest BCUT2D eigenvalue weighted by Crippen LogP contribution is 2.40. The molecule has 2 aliphatic rings. The Kier molecular flexibility index (Phi) is 7.80. The molecule has 2 fully saturated rings. The second kappa shape index (κ2) is 11.0. The molecule has 8 nitrogen and oxygen atoms in total. The van der Waals surface area contributed by atoms with Crippen molar-refractivity contribution in [3.05, 3.63) is 47.5 Å². The molecule has 1 unspecified atom stereocenters. The molecule has 188 valence electrons. The second-order valence-electron chi connectivity index (χ2n) is 9.02. The second-order valence-corrected chi connectivity index (χ2v) is 9.02. The van der Waals surface area contributed by atoms with Crippen molar-refractivity contribution in [3.63, 3.8) is 0 Å². The van der Waals surface area contributed by atoms with E-state index in [-0.39, 0.29) is 24.2 Å². The van der Waals surface area contributed by atoms with Gasteiger partial charge in [0.2, 0.25) is 17.6 Å². The molecule has 0 saturated carbocycles. The Labute approximate surface area is 207 Å². The number of piperazine rings is 1. The molecular weight excluding hydrogens is 446 g/mol. The molecule has 0 bridgehead atoms. The van der Waals surface area contributed by atoms with Crippen molar-refractivity contribution in [1.82, 2.24) is 9.80 Å². The fourth-order valence-corrected chi connectivity index (χ4v) is 4.98. The summed E-state index contributed by atoms with van der Waals surface area (Å²) >= 11 is 0. The molecule has 1 atom stereocenters. The predicted molar refractivity (Wildman–Crippen MR) is 134 cm³/mol. The predicted octanol–water partition coefficient (Wildman–Crippen LogP) is 2.97. The number of nitrogens with zero attached hydrogens (tertiary/aromatic N) is 3. The lowest BCUT2D eigenvalue weighted by Gasteiger charge is -2.36. The van der Waals surface area contributed by atoms with E-state index in [4.69, 9.17) is 14.2 Å². The highest BCUT2D eigenvalue weighted by atomic mass is 16.5. The monoisotopic (exact) mass is 481 g/mol. The summed E-state index contributed by atoms with van der Waals surface area (Å²) in [6.07, 6.45) is 1.19. The van der Waals surface area contributed by atoms with Crippen LogP contribution in [0, 0.1) is 5.92 Å². The van der Waals surface area contributed by atoms with Crippen LogP contribution < -0.4 is 19.1 Å². The first-order chi connectivity index (χ1) is 17.0. The zero-order valence-electron chi connectivity index (χ0n) is 21.1. The third-order valence-corrected chi connectivity index (χ3v) is 6.97. The van der Waals surface area contributed by atoms with E-state index < -0.39 is 0 Å². The molecule has 2 aliphatic heterocycles. The molecule has 0 aromatic heterocycles. The van der Waals surface area contributed by atoms with E-state index in [0.29, 0.717) is 43.4 Å². The summed E-state index contributed by atoms with van der Waals surface area (Å²) in [7, 11) is 4.83. The lowest BCUT2D eigenvalue weighted by atomic mass is 10.1. The van der Waals surface area contributed by atoms with E-state index in [9.17, 15) is 9.59 Å². The number of carbonyl (C=O) groups excluding carboxylic acids is 2. The molecule has 0 spiro atoms. The van der Waals surface area contributed by atoms with E-state index in [1.165, 1.54) is 5.56 Å². The van der Waals surface area contributed by atoms with E-state index in [1.54, 1.807) is 26.2 Å². The van der Waals surface area contributed by atoms with Crippen molar-refractivity contribution in [2.45, 2.75) is 26.3 Å². The van der Waals surface area contributed by atoms with Crippen LogP contribution in [-0.2, 0) is 22.6 Å². The maximum absolute atomic E-state index is 13.2. The Balaban J connectivity index is 1.35. The number of methoxy groups -OCH3 is 3. The van der Waals surface area contributed by atoms with Gasteiger partial charge in [0.1, 0.15) is 0 Å². The van der Waals surface area contributed by atoms with Crippen LogP contribution in [0.15, 0.2) is 36.4 Å². The van der Waals surface area contributed by atoms with Gasteiger partial charge in [0.25, 0.3) is 0 Å². The number of aryl methyl sites for hydroxylation is 1. The van der Waals surface area contributed by atoms with Crippen LogP contribution in [0.4, 0.5) is 5.69 Å². The van der Waals surface area contributed by atoms with Crippen LogP contribution in [0.5, 0.6) is 17.2 Å². The summed E-state index contributed by atoms with van der Waals surface area (Å²) < 4.78 is 16.5. The zero-order chi connectivity index (χ0) is 24.9. The van der Waals surface area contributed by atoms with E-state index in [2.05, 4.69) is 17.9 Å². The largest absolute Gasteiger partial charge is 0.493 e. The Morgan fingerprint density at radius 2 is 1.71 bits per heavy atom. The molecule has 2 aromatic carbocycles. The Morgan fingerprint density at radius 1 is 0.971 bits per heavy atom. The quantitative estimate of drug-likeness (QED) is 0.577. The Hall–Kier alpha value is -3.26. The molecule has 0 aliphatic carbocycles. The topological polar surface area (TPSA) is 71.6 Å². The molecule has 2 heterocycles. The van der Waals surface area contributed by atoms with Crippen molar-refractivity contribution in [2.75, 3.05) is 59.0 Å². The van der Waals surface area contributed by atoms with E-state index in [0.717, 1.165) is 30.8 Å². The van der Waals surface area contributed by atoms with Crippen LogP contribution in [0.25, 0.3) is 0 Å². The first kappa shape index (κ1) is 24.9. The van der Waals surface area contributed by atoms with Crippen LogP contribution >= 0.6 is 0 Å². The lowest BCUT2D eigenvalue weighted by Crippen LogP contribution is -2.50. The van der Waals surface area contributed by atoms with Crippen molar-refractivity contribution in [1.29, 1.82) is 0 Å². The fourth-order valence-electron chi connectivity index (χ4n) is 4.98. The van der Waals surface area contributed by atoms with Gasteiger partial charge in [-0.3, -0.25) is 14.5 Å². The molecule has 0 radical (unpaired) electrons. The zero-order valence-corrected chi connectivity index (χ0v) is 21.1. The van der Waals surface area contributed by atoms with Gasteiger partial charge in [-0.2, -0.15) is 0 Å². The summed E-state index contributed by atoms with van der Waals surface area (Å²) in [5.74, 6) is 1.70.